The van der Waals surface area contributed by atoms with E-state index >= 15 is 0 Å². The lowest BCUT2D eigenvalue weighted by Crippen LogP contribution is -2.25. The molecule has 9 nitrogen and oxygen atoms in total. The number of allylic oxidation sites excluding steroid dienone is 2. The van der Waals surface area contributed by atoms with Gasteiger partial charge in [0.05, 0.1) is 36.8 Å². The maximum absolute atomic E-state index is 12.6. The summed E-state index contributed by atoms with van der Waals surface area (Å²) in [6.45, 7) is 4.87. The van der Waals surface area contributed by atoms with Crippen LogP contribution in [0.4, 0.5) is 0 Å². The van der Waals surface area contributed by atoms with Crippen molar-refractivity contribution < 1.29 is 33.3 Å². The Bertz CT molecular complexity index is 979. The van der Waals surface area contributed by atoms with Crippen LogP contribution in [0, 0.1) is 11.3 Å². The molecule has 1 aromatic carbocycles. The van der Waals surface area contributed by atoms with Crippen molar-refractivity contribution >= 4 is 23.5 Å². The van der Waals surface area contributed by atoms with Gasteiger partial charge in [0, 0.05) is 0 Å². The van der Waals surface area contributed by atoms with E-state index in [2.05, 4.69) is 0 Å². The van der Waals surface area contributed by atoms with Crippen LogP contribution in [0.15, 0.2) is 34.9 Å². The van der Waals surface area contributed by atoms with Crippen LogP contribution < -0.4 is 15.2 Å². The van der Waals surface area contributed by atoms with E-state index in [1.807, 2.05) is 6.07 Å². The molecule has 1 aromatic rings. The molecule has 1 unspecified atom stereocenters. The first-order chi connectivity index (χ1) is 14.8. The first kappa shape index (κ1) is 23.9. The van der Waals surface area contributed by atoms with Gasteiger partial charge in [0.2, 0.25) is 5.88 Å². The van der Waals surface area contributed by atoms with E-state index in [0.717, 1.165) is 0 Å². The average molecular weight is 451 g/mol. The number of hydrogen-bond acceptors (Lipinski definition) is 9. The third-order valence-corrected chi connectivity index (χ3v) is 4.61. The number of carbonyl (C=O) groups is 2. The van der Waals surface area contributed by atoms with Crippen LogP contribution in [0.25, 0.3) is 0 Å². The molecule has 1 atom stereocenters. The maximum Gasteiger partial charge on any atom is 0.344 e. The number of nitrogens with two attached hydrogens (primary N) is 1. The van der Waals surface area contributed by atoms with Gasteiger partial charge in [-0.2, -0.15) is 5.26 Å². The van der Waals surface area contributed by atoms with Gasteiger partial charge in [-0.3, -0.25) is 0 Å². The number of benzene rings is 1. The second-order valence-corrected chi connectivity index (χ2v) is 6.65. The zero-order valence-corrected chi connectivity index (χ0v) is 18.4. The zero-order chi connectivity index (χ0) is 23.1. The monoisotopic (exact) mass is 450 g/mol. The molecular weight excluding hydrogens is 428 g/mol. The van der Waals surface area contributed by atoms with Crippen molar-refractivity contribution in [2.45, 2.75) is 26.7 Å². The summed E-state index contributed by atoms with van der Waals surface area (Å²) in [6.07, 6.45) is 0. The molecule has 0 saturated carbocycles. The van der Waals surface area contributed by atoms with Crippen LogP contribution in [0.3, 0.4) is 0 Å². The van der Waals surface area contributed by atoms with Crippen molar-refractivity contribution in [1.29, 1.82) is 5.26 Å². The molecule has 0 saturated heterocycles. The number of hydrogen-bond donors (Lipinski definition) is 1. The van der Waals surface area contributed by atoms with Crippen molar-refractivity contribution in [3.05, 3.63) is 45.5 Å². The molecule has 0 radical (unpaired) electrons. The minimum atomic E-state index is -0.900. The summed E-state index contributed by atoms with van der Waals surface area (Å²) in [4.78, 5) is 24.2. The highest BCUT2D eigenvalue weighted by Crippen LogP contribution is 2.44. The minimum Gasteiger partial charge on any atom is -0.493 e. The number of halogens is 1. The van der Waals surface area contributed by atoms with Gasteiger partial charge in [0.1, 0.15) is 17.4 Å². The molecule has 2 N–H and O–H groups in total. The zero-order valence-electron chi connectivity index (χ0n) is 17.6. The minimum absolute atomic E-state index is 0.0203. The molecule has 0 fully saturated rings. The number of methoxy groups -OCH3 is 1. The van der Waals surface area contributed by atoms with Crippen LogP contribution in [-0.4, -0.2) is 38.9 Å². The SMILES string of the molecule is CCOC(=O)COc1c(Cl)cc(C2C(C#N)=C(N)OC(C)=C2C(=O)OCC)cc1OC. The van der Waals surface area contributed by atoms with Crippen molar-refractivity contribution in [3.63, 3.8) is 0 Å². The summed E-state index contributed by atoms with van der Waals surface area (Å²) in [5, 5.41) is 9.77. The van der Waals surface area contributed by atoms with Gasteiger partial charge in [-0.1, -0.05) is 11.6 Å². The van der Waals surface area contributed by atoms with Crippen molar-refractivity contribution in [1.82, 2.24) is 0 Å². The summed E-state index contributed by atoms with van der Waals surface area (Å²) in [5.74, 6) is -1.74. The summed E-state index contributed by atoms with van der Waals surface area (Å²) >= 11 is 6.39. The number of nitriles is 1. The molecular formula is C21H23ClN2O7. The molecule has 0 bridgehead atoms. The Hall–Kier alpha value is -3.38. The molecule has 10 heteroatoms. The van der Waals surface area contributed by atoms with Gasteiger partial charge in [-0.15, -0.1) is 0 Å². The maximum atomic E-state index is 12.6. The molecule has 1 aliphatic heterocycles. The van der Waals surface area contributed by atoms with E-state index in [0.29, 0.717) is 5.56 Å². The van der Waals surface area contributed by atoms with Gasteiger partial charge in [-0.05, 0) is 38.5 Å². The average Bonchev–Trinajstić information content (AvgIpc) is 2.72. The van der Waals surface area contributed by atoms with Gasteiger partial charge >= 0.3 is 11.9 Å². The third kappa shape index (κ3) is 5.22. The smallest absolute Gasteiger partial charge is 0.344 e. The fourth-order valence-corrected chi connectivity index (χ4v) is 3.34. The van der Waals surface area contributed by atoms with Gasteiger partial charge in [0.25, 0.3) is 0 Å². The molecule has 0 spiro atoms. The summed E-state index contributed by atoms with van der Waals surface area (Å²) < 4.78 is 26.2. The van der Waals surface area contributed by atoms with E-state index in [4.69, 9.17) is 41.0 Å². The predicted octanol–water partition coefficient (Wildman–Crippen LogP) is 2.94. The predicted molar refractivity (Wildman–Crippen MR) is 110 cm³/mol. The largest absolute Gasteiger partial charge is 0.493 e. The fraction of sp³-hybridized carbons (Fsp3) is 0.381. The van der Waals surface area contributed by atoms with E-state index in [9.17, 15) is 14.9 Å². The molecule has 0 aliphatic carbocycles. The van der Waals surface area contributed by atoms with Crippen LogP contribution in [0.5, 0.6) is 11.5 Å². The van der Waals surface area contributed by atoms with Gasteiger partial charge in [-0.25, -0.2) is 9.59 Å². The summed E-state index contributed by atoms with van der Waals surface area (Å²) in [6, 6.07) is 5.03. The van der Waals surface area contributed by atoms with Crippen molar-refractivity contribution in [2.75, 3.05) is 26.9 Å². The van der Waals surface area contributed by atoms with Crippen molar-refractivity contribution in [2.24, 2.45) is 5.73 Å². The lowest BCUT2D eigenvalue weighted by Gasteiger charge is -2.27. The van der Waals surface area contributed by atoms with Crippen molar-refractivity contribution in [3.8, 4) is 17.6 Å². The Kier molecular flexibility index (Phi) is 8.16. The molecule has 166 valence electrons. The summed E-state index contributed by atoms with van der Waals surface area (Å²) in [7, 11) is 1.39. The number of carbonyl (C=O) groups excluding carboxylic acids is 2. The number of nitrogens with zero attached hydrogens (tertiary/aromatic N) is 1. The number of rotatable bonds is 8. The van der Waals surface area contributed by atoms with Gasteiger partial charge < -0.3 is 29.4 Å². The fourth-order valence-electron chi connectivity index (χ4n) is 3.07. The molecule has 0 aromatic heterocycles. The van der Waals surface area contributed by atoms with Crippen LogP contribution in [0.1, 0.15) is 32.3 Å². The molecule has 31 heavy (non-hydrogen) atoms. The Morgan fingerprint density at radius 3 is 2.52 bits per heavy atom. The lowest BCUT2D eigenvalue weighted by molar-refractivity contribution is -0.145. The summed E-state index contributed by atoms with van der Waals surface area (Å²) in [5.41, 5.74) is 6.46. The van der Waals surface area contributed by atoms with E-state index < -0.39 is 17.9 Å². The quantitative estimate of drug-likeness (QED) is 0.594. The molecule has 0 amide bonds. The van der Waals surface area contributed by atoms with E-state index in [1.54, 1.807) is 26.8 Å². The normalized spacial score (nSPS) is 15.7. The van der Waals surface area contributed by atoms with Crippen LogP contribution in [0.2, 0.25) is 5.02 Å². The number of esters is 2. The standard InChI is InChI=1S/C21H23ClN2O7/c1-5-28-16(25)10-30-19-14(22)7-12(8-15(19)27-4)18-13(9-23)20(24)31-11(3)17(18)21(26)29-6-2/h7-8,18H,5-6,10,24H2,1-4H3. The first-order valence-electron chi connectivity index (χ1n) is 9.40. The highest BCUT2D eigenvalue weighted by atomic mass is 35.5. The first-order valence-corrected chi connectivity index (χ1v) is 9.77. The molecule has 2 rings (SSSR count). The highest BCUT2D eigenvalue weighted by molar-refractivity contribution is 6.32. The highest BCUT2D eigenvalue weighted by Gasteiger charge is 2.37. The Morgan fingerprint density at radius 2 is 1.94 bits per heavy atom. The van der Waals surface area contributed by atoms with Crippen LogP contribution in [-0.2, 0) is 23.8 Å². The topological polar surface area (TPSA) is 130 Å². The Morgan fingerprint density at radius 1 is 1.26 bits per heavy atom. The van der Waals surface area contributed by atoms with E-state index in [1.165, 1.54) is 13.2 Å². The second kappa shape index (κ2) is 10.6. The Balaban J connectivity index is 2.56. The second-order valence-electron chi connectivity index (χ2n) is 6.24. The third-order valence-electron chi connectivity index (χ3n) is 4.33. The van der Waals surface area contributed by atoms with Gasteiger partial charge in [0.15, 0.2) is 18.1 Å². The number of ether oxygens (including phenoxy) is 5. The molecule has 1 aliphatic rings. The lowest BCUT2D eigenvalue weighted by atomic mass is 9.83. The van der Waals surface area contributed by atoms with Crippen LogP contribution >= 0.6 is 11.6 Å². The Labute approximate surface area is 184 Å². The van der Waals surface area contributed by atoms with E-state index in [-0.39, 0.29) is 59.1 Å². The molecule has 1 heterocycles.